The third-order valence-corrected chi connectivity index (χ3v) is 2.51. The van der Waals surface area contributed by atoms with E-state index in [0.717, 1.165) is 17.8 Å². The molecule has 0 amide bonds. The van der Waals surface area contributed by atoms with Gasteiger partial charge in [-0.2, -0.15) is 5.10 Å². The first-order valence-electron chi connectivity index (χ1n) is 5.21. The molecule has 2 N–H and O–H groups in total. The molecule has 1 unspecified atom stereocenters. The smallest absolute Gasteiger partial charge is 0.0907 e. The summed E-state index contributed by atoms with van der Waals surface area (Å²) in [5.74, 6) is 0. The monoisotopic (exact) mass is 195 g/mol. The fraction of sp³-hybridized carbons (Fsp3) is 0.727. The van der Waals surface area contributed by atoms with E-state index in [1.807, 2.05) is 10.9 Å². The van der Waals surface area contributed by atoms with Crippen LogP contribution >= 0.6 is 0 Å². The zero-order valence-corrected chi connectivity index (χ0v) is 9.83. The average Bonchev–Trinajstić information content (AvgIpc) is 2.45. The predicted octanol–water partition coefficient (Wildman–Crippen LogP) is 2.73. The molecule has 1 aromatic rings. The molecule has 1 rings (SSSR count). The normalized spacial score (nSPS) is 14.4. The molecule has 0 aliphatic rings. The Kier molecular flexibility index (Phi) is 2.88. The van der Waals surface area contributed by atoms with E-state index in [1.54, 1.807) is 0 Å². The summed E-state index contributed by atoms with van der Waals surface area (Å²) in [5, 5.41) is 4.54. The van der Waals surface area contributed by atoms with Crippen LogP contribution < -0.4 is 5.73 Å². The van der Waals surface area contributed by atoms with Gasteiger partial charge in [-0.05, 0) is 13.3 Å². The van der Waals surface area contributed by atoms with Crippen molar-refractivity contribution in [3.63, 3.8) is 0 Å². The molecule has 80 valence electrons. The van der Waals surface area contributed by atoms with Crippen molar-refractivity contribution in [2.45, 2.75) is 52.5 Å². The second-order valence-corrected chi connectivity index (χ2v) is 4.92. The Hall–Kier alpha value is -0.990. The second-order valence-electron chi connectivity index (χ2n) is 4.92. The van der Waals surface area contributed by atoms with Gasteiger partial charge in [-0.3, -0.25) is 4.68 Å². The van der Waals surface area contributed by atoms with Crippen LogP contribution in [0, 0.1) is 0 Å². The standard InChI is InChI=1S/C11H21N3/c1-6-8(2)14-7-9(12)10(13-14)11(3,4)5/h7-8H,6,12H2,1-5H3. The first-order valence-corrected chi connectivity index (χ1v) is 5.21. The predicted molar refractivity (Wildman–Crippen MR) is 60.3 cm³/mol. The molecular formula is C11H21N3. The van der Waals surface area contributed by atoms with Crippen molar-refractivity contribution < 1.29 is 0 Å². The molecule has 1 atom stereocenters. The lowest BCUT2D eigenvalue weighted by molar-refractivity contribution is 0.458. The number of nitrogens with zero attached hydrogens (tertiary/aromatic N) is 2. The summed E-state index contributed by atoms with van der Waals surface area (Å²) < 4.78 is 1.97. The van der Waals surface area contributed by atoms with Crippen LogP contribution in [0.25, 0.3) is 0 Å². The van der Waals surface area contributed by atoms with Gasteiger partial charge < -0.3 is 5.73 Å². The first-order chi connectivity index (χ1) is 6.36. The van der Waals surface area contributed by atoms with Gasteiger partial charge in [0.1, 0.15) is 0 Å². The average molecular weight is 195 g/mol. The second kappa shape index (κ2) is 3.64. The van der Waals surface area contributed by atoms with Crippen LogP contribution in [-0.4, -0.2) is 9.78 Å². The van der Waals surface area contributed by atoms with Crippen molar-refractivity contribution in [2.24, 2.45) is 0 Å². The number of hydrogen-bond acceptors (Lipinski definition) is 2. The van der Waals surface area contributed by atoms with Crippen molar-refractivity contribution >= 4 is 5.69 Å². The van der Waals surface area contributed by atoms with Gasteiger partial charge in [0.2, 0.25) is 0 Å². The molecule has 0 saturated heterocycles. The van der Waals surface area contributed by atoms with Crippen LogP contribution in [0.4, 0.5) is 5.69 Å². The highest BCUT2D eigenvalue weighted by molar-refractivity contribution is 5.44. The van der Waals surface area contributed by atoms with Crippen LogP contribution in [0.1, 0.15) is 52.8 Å². The molecule has 0 aromatic carbocycles. The van der Waals surface area contributed by atoms with Crippen LogP contribution in [0.15, 0.2) is 6.20 Å². The van der Waals surface area contributed by atoms with E-state index in [4.69, 9.17) is 5.73 Å². The largest absolute Gasteiger partial charge is 0.396 e. The highest BCUT2D eigenvalue weighted by Crippen LogP contribution is 2.27. The van der Waals surface area contributed by atoms with Crippen molar-refractivity contribution in [2.75, 3.05) is 5.73 Å². The Labute approximate surface area is 86.3 Å². The fourth-order valence-electron chi connectivity index (χ4n) is 1.40. The number of aromatic nitrogens is 2. The highest BCUT2D eigenvalue weighted by Gasteiger charge is 2.21. The molecule has 1 aromatic heterocycles. The Balaban J connectivity index is 3.05. The number of anilines is 1. The Morgan fingerprint density at radius 3 is 2.43 bits per heavy atom. The summed E-state index contributed by atoms with van der Waals surface area (Å²) in [6.45, 7) is 10.7. The third-order valence-electron chi connectivity index (χ3n) is 2.51. The summed E-state index contributed by atoms with van der Waals surface area (Å²) in [4.78, 5) is 0. The zero-order chi connectivity index (χ0) is 10.9. The van der Waals surface area contributed by atoms with Gasteiger partial charge >= 0.3 is 0 Å². The molecule has 0 aliphatic carbocycles. The van der Waals surface area contributed by atoms with Crippen LogP contribution in [-0.2, 0) is 5.41 Å². The molecule has 0 aliphatic heterocycles. The molecule has 0 bridgehead atoms. The van der Waals surface area contributed by atoms with Crippen molar-refractivity contribution in [1.82, 2.24) is 9.78 Å². The van der Waals surface area contributed by atoms with E-state index in [2.05, 4.69) is 39.7 Å². The summed E-state index contributed by atoms with van der Waals surface area (Å²) in [6.07, 6.45) is 3.01. The van der Waals surface area contributed by atoms with E-state index in [-0.39, 0.29) is 5.41 Å². The van der Waals surface area contributed by atoms with Gasteiger partial charge in [-0.15, -0.1) is 0 Å². The molecule has 3 heteroatoms. The first kappa shape index (κ1) is 11.1. The van der Waals surface area contributed by atoms with E-state index in [1.165, 1.54) is 0 Å². The van der Waals surface area contributed by atoms with Crippen LogP contribution in [0.2, 0.25) is 0 Å². The summed E-state index contributed by atoms with van der Waals surface area (Å²) in [5.41, 5.74) is 7.77. The van der Waals surface area contributed by atoms with Gasteiger partial charge in [0.15, 0.2) is 0 Å². The molecule has 1 heterocycles. The molecule has 0 spiro atoms. The Morgan fingerprint density at radius 1 is 1.50 bits per heavy atom. The SMILES string of the molecule is CCC(C)n1cc(N)c(C(C)(C)C)n1. The topological polar surface area (TPSA) is 43.8 Å². The highest BCUT2D eigenvalue weighted by atomic mass is 15.3. The maximum absolute atomic E-state index is 5.94. The van der Waals surface area contributed by atoms with Crippen LogP contribution in [0.3, 0.4) is 0 Å². The lowest BCUT2D eigenvalue weighted by Gasteiger charge is -2.16. The maximum Gasteiger partial charge on any atom is 0.0907 e. The van der Waals surface area contributed by atoms with Crippen LogP contribution in [0.5, 0.6) is 0 Å². The van der Waals surface area contributed by atoms with E-state index < -0.39 is 0 Å². The molecule has 0 fully saturated rings. The van der Waals surface area contributed by atoms with Gasteiger partial charge in [-0.25, -0.2) is 0 Å². The third kappa shape index (κ3) is 2.08. The molecule has 0 saturated carbocycles. The van der Waals surface area contributed by atoms with Gasteiger partial charge in [0, 0.05) is 17.7 Å². The summed E-state index contributed by atoms with van der Waals surface area (Å²) in [7, 11) is 0. The minimum Gasteiger partial charge on any atom is -0.396 e. The lowest BCUT2D eigenvalue weighted by atomic mass is 9.92. The minimum absolute atomic E-state index is 0.0306. The summed E-state index contributed by atoms with van der Waals surface area (Å²) in [6, 6.07) is 0.424. The number of rotatable bonds is 2. The zero-order valence-electron chi connectivity index (χ0n) is 9.83. The number of nitrogens with two attached hydrogens (primary N) is 1. The van der Waals surface area contributed by atoms with Crippen molar-refractivity contribution in [3.05, 3.63) is 11.9 Å². The molecule has 3 nitrogen and oxygen atoms in total. The lowest BCUT2D eigenvalue weighted by Crippen LogP contribution is -2.15. The molecule has 0 radical (unpaired) electrons. The van der Waals surface area contributed by atoms with E-state index in [0.29, 0.717) is 6.04 Å². The minimum atomic E-state index is 0.0306. The van der Waals surface area contributed by atoms with Gasteiger partial charge in [0.05, 0.1) is 11.4 Å². The number of nitrogen functional groups attached to an aromatic ring is 1. The summed E-state index contributed by atoms with van der Waals surface area (Å²) >= 11 is 0. The quantitative estimate of drug-likeness (QED) is 0.788. The van der Waals surface area contributed by atoms with Gasteiger partial charge in [-0.1, -0.05) is 27.7 Å². The van der Waals surface area contributed by atoms with Gasteiger partial charge in [0.25, 0.3) is 0 Å². The Bertz CT molecular complexity index is 307. The number of hydrogen-bond donors (Lipinski definition) is 1. The van der Waals surface area contributed by atoms with Crippen molar-refractivity contribution in [1.29, 1.82) is 0 Å². The fourth-order valence-corrected chi connectivity index (χ4v) is 1.40. The maximum atomic E-state index is 5.94. The van der Waals surface area contributed by atoms with Crippen molar-refractivity contribution in [3.8, 4) is 0 Å². The van der Waals surface area contributed by atoms with E-state index >= 15 is 0 Å². The van der Waals surface area contributed by atoms with E-state index in [9.17, 15) is 0 Å². The Morgan fingerprint density at radius 2 is 2.07 bits per heavy atom. The molecule has 14 heavy (non-hydrogen) atoms. The molecular weight excluding hydrogens is 174 g/mol.